The predicted molar refractivity (Wildman–Crippen MR) is 75.4 cm³/mol. The number of aromatic nitrogens is 2. The van der Waals surface area contributed by atoms with Gasteiger partial charge in [-0.25, -0.2) is 4.98 Å². The molecule has 6 heteroatoms. The van der Waals surface area contributed by atoms with Crippen LogP contribution in [0.15, 0.2) is 30.6 Å². The lowest BCUT2D eigenvalue weighted by Crippen LogP contribution is -2.10. The minimum Gasteiger partial charge on any atom is -0.484 e. The number of hydrogen-bond acceptors (Lipinski definition) is 4. The Morgan fingerprint density at radius 2 is 2.20 bits per heavy atom. The standard InChI is InChI=1S/C14H17N3O3/c1-4-13-15-8-9-16(13)11-6-5-7-12(20-10(2)3)14(11)17(18)19/h5-10H,4H2,1-3H3. The number of ether oxygens (including phenoxy) is 1. The predicted octanol–water partition coefficient (Wildman–Crippen LogP) is 3.13. The maximum atomic E-state index is 11.4. The minimum absolute atomic E-state index is 0.0334. The Hall–Kier alpha value is -2.37. The van der Waals surface area contributed by atoms with Gasteiger partial charge in [-0.1, -0.05) is 13.0 Å². The van der Waals surface area contributed by atoms with E-state index < -0.39 is 4.92 Å². The van der Waals surface area contributed by atoms with Gasteiger partial charge in [0.05, 0.1) is 11.0 Å². The number of nitrogens with zero attached hydrogens (tertiary/aromatic N) is 3. The maximum Gasteiger partial charge on any atom is 0.334 e. The zero-order chi connectivity index (χ0) is 14.7. The Morgan fingerprint density at radius 1 is 1.45 bits per heavy atom. The molecule has 6 nitrogen and oxygen atoms in total. The first-order valence-corrected chi connectivity index (χ1v) is 6.51. The highest BCUT2D eigenvalue weighted by molar-refractivity contribution is 5.61. The molecule has 0 atom stereocenters. The van der Waals surface area contributed by atoms with E-state index in [1.807, 2.05) is 20.8 Å². The van der Waals surface area contributed by atoms with Crippen LogP contribution in [0.3, 0.4) is 0 Å². The smallest absolute Gasteiger partial charge is 0.334 e. The first-order chi connectivity index (χ1) is 9.54. The summed E-state index contributed by atoms with van der Waals surface area (Å²) in [5.74, 6) is 1.05. The number of aryl methyl sites for hydroxylation is 1. The molecule has 2 rings (SSSR count). The third-order valence-corrected chi connectivity index (χ3v) is 2.82. The van der Waals surface area contributed by atoms with Crippen molar-refractivity contribution < 1.29 is 9.66 Å². The number of nitro benzene ring substituents is 1. The minimum atomic E-state index is -0.410. The summed E-state index contributed by atoms with van der Waals surface area (Å²) >= 11 is 0. The van der Waals surface area contributed by atoms with E-state index in [9.17, 15) is 10.1 Å². The number of rotatable bonds is 5. The van der Waals surface area contributed by atoms with Gasteiger partial charge in [0.15, 0.2) is 5.75 Å². The van der Waals surface area contributed by atoms with Gasteiger partial charge < -0.3 is 4.74 Å². The number of benzene rings is 1. The van der Waals surface area contributed by atoms with Crippen LogP contribution in [0.1, 0.15) is 26.6 Å². The molecule has 0 aliphatic heterocycles. The number of imidazole rings is 1. The van der Waals surface area contributed by atoms with Gasteiger partial charge in [-0.2, -0.15) is 0 Å². The van der Waals surface area contributed by atoms with Crippen molar-refractivity contribution in [3.63, 3.8) is 0 Å². The van der Waals surface area contributed by atoms with E-state index in [2.05, 4.69) is 4.98 Å². The van der Waals surface area contributed by atoms with Crippen molar-refractivity contribution in [3.05, 3.63) is 46.5 Å². The summed E-state index contributed by atoms with van der Waals surface area (Å²) in [5, 5.41) is 11.4. The monoisotopic (exact) mass is 275 g/mol. The average Bonchev–Trinajstić information content (AvgIpc) is 2.85. The zero-order valence-electron chi connectivity index (χ0n) is 11.7. The van der Waals surface area contributed by atoms with E-state index in [0.29, 0.717) is 12.1 Å². The normalized spacial score (nSPS) is 10.8. The third-order valence-electron chi connectivity index (χ3n) is 2.82. The first-order valence-electron chi connectivity index (χ1n) is 6.51. The fourth-order valence-electron chi connectivity index (χ4n) is 2.05. The Labute approximate surface area is 117 Å². The first kappa shape index (κ1) is 14.0. The Morgan fingerprint density at radius 3 is 2.80 bits per heavy atom. The van der Waals surface area contributed by atoms with E-state index in [1.165, 1.54) is 0 Å². The van der Waals surface area contributed by atoms with Crippen molar-refractivity contribution in [2.24, 2.45) is 0 Å². The number of hydrogen-bond donors (Lipinski definition) is 0. The molecule has 1 aromatic carbocycles. The van der Waals surface area contributed by atoms with Gasteiger partial charge in [-0.3, -0.25) is 14.7 Å². The summed E-state index contributed by atoms with van der Waals surface area (Å²) in [5.41, 5.74) is 0.441. The molecular formula is C14H17N3O3. The molecule has 0 aliphatic carbocycles. The second-order valence-electron chi connectivity index (χ2n) is 4.61. The second kappa shape index (κ2) is 5.73. The van der Waals surface area contributed by atoms with Crippen LogP contribution in [-0.4, -0.2) is 20.6 Å². The summed E-state index contributed by atoms with van der Waals surface area (Å²) in [6.07, 6.45) is 3.93. The van der Waals surface area contributed by atoms with Crippen molar-refractivity contribution in [2.45, 2.75) is 33.3 Å². The lowest BCUT2D eigenvalue weighted by molar-refractivity contribution is -0.385. The SMILES string of the molecule is CCc1nccn1-c1cccc(OC(C)C)c1[N+](=O)[O-]. The quantitative estimate of drug-likeness (QED) is 0.621. The molecule has 2 aromatic rings. The molecule has 0 spiro atoms. The van der Waals surface area contributed by atoms with Crippen LogP contribution >= 0.6 is 0 Å². The van der Waals surface area contributed by atoms with Crippen LogP contribution in [0.4, 0.5) is 5.69 Å². The molecule has 1 aromatic heterocycles. The average molecular weight is 275 g/mol. The van der Waals surface area contributed by atoms with Crippen LogP contribution in [0.5, 0.6) is 5.75 Å². The van der Waals surface area contributed by atoms with Gasteiger partial charge in [-0.05, 0) is 26.0 Å². The number of para-hydroxylation sites is 1. The molecule has 106 valence electrons. The lowest BCUT2D eigenvalue weighted by atomic mass is 10.2. The van der Waals surface area contributed by atoms with Crippen LogP contribution in [0, 0.1) is 10.1 Å². The molecule has 0 saturated carbocycles. The molecule has 0 N–H and O–H groups in total. The molecule has 0 unspecified atom stereocenters. The topological polar surface area (TPSA) is 70.2 Å². The summed E-state index contributed by atoms with van der Waals surface area (Å²) < 4.78 is 7.27. The molecule has 20 heavy (non-hydrogen) atoms. The number of nitro groups is 1. The summed E-state index contributed by atoms with van der Waals surface area (Å²) in [7, 11) is 0. The molecule has 0 aliphatic rings. The third kappa shape index (κ3) is 2.64. The van der Waals surface area contributed by atoms with Gasteiger partial charge in [0, 0.05) is 18.8 Å². The van der Waals surface area contributed by atoms with Crippen LogP contribution in [0.25, 0.3) is 5.69 Å². The molecule has 1 heterocycles. The van der Waals surface area contributed by atoms with Crippen LogP contribution < -0.4 is 4.74 Å². The molecular weight excluding hydrogens is 258 g/mol. The highest BCUT2D eigenvalue weighted by Crippen LogP contribution is 2.34. The van der Waals surface area contributed by atoms with Gasteiger partial charge in [0.2, 0.25) is 0 Å². The molecule has 0 bridgehead atoms. The van der Waals surface area contributed by atoms with Gasteiger partial charge in [0.25, 0.3) is 0 Å². The Bertz CT molecular complexity index is 620. The zero-order valence-corrected chi connectivity index (χ0v) is 11.7. The van der Waals surface area contributed by atoms with E-state index in [1.54, 1.807) is 35.2 Å². The molecule has 0 fully saturated rings. The van der Waals surface area contributed by atoms with Crippen LogP contribution in [0.2, 0.25) is 0 Å². The van der Waals surface area contributed by atoms with Crippen molar-refractivity contribution in [1.82, 2.24) is 9.55 Å². The Kier molecular flexibility index (Phi) is 4.02. The van der Waals surface area contributed by atoms with Gasteiger partial charge in [-0.15, -0.1) is 0 Å². The van der Waals surface area contributed by atoms with Gasteiger partial charge >= 0.3 is 5.69 Å². The van der Waals surface area contributed by atoms with Crippen molar-refractivity contribution in [1.29, 1.82) is 0 Å². The maximum absolute atomic E-state index is 11.4. The van der Waals surface area contributed by atoms with Crippen molar-refractivity contribution >= 4 is 5.69 Å². The van der Waals surface area contributed by atoms with E-state index in [4.69, 9.17) is 4.74 Å². The summed E-state index contributed by atoms with van der Waals surface area (Å²) in [6, 6.07) is 5.07. The lowest BCUT2D eigenvalue weighted by Gasteiger charge is -2.13. The Balaban J connectivity index is 2.61. The molecule has 0 radical (unpaired) electrons. The van der Waals surface area contributed by atoms with Crippen LogP contribution in [-0.2, 0) is 6.42 Å². The fraction of sp³-hybridized carbons (Fsp3) is 0.357. The second-order valence-corrected chi connectivity index (χ2v) is 4.61. The van der Waals surface area contributed by atoms with Crippen molar-refractivity contribution in [2.75, 3.05) is 0 Å². The molecule has 0 saturated heterocycles. The summed E-state index contributed by atoms with van der Waals surface area (Å²) in [6.45, 7) is 5.63. The highest BCUT2D eigenvalue weighted by atomic mass is 16.6. The van der Waals surface area contributed by atoms with Crippen molar-refractivity contribution in [3.8, 4) is 11.4 Å². The van der Waals surface area contributed by atoms with E-state index in [-0.39, 0.29) is 17.5 Å². The van der Waals surface area contributed by atoms with Gasteiger partial charge in [0.1, 0.15) is 11.5 Å². The van der Waals surface area contributed by atoms with E-state index >= 15 is 0 Å². The molecule has 0 amide bonds. The fourth-order valence-corrected chi connectivity index (χ4v) is 2.05. The largest absolute Gasteiger partial charge is 0.484 e. The highest BCUT2D eigenvalue weighted by Gasteiger charge is 2.23. The summed E-state index contributed by atoms with van der Waals surface area (Å²) in [4.78, 5) is 15.2. The van der Waals surface area contributed by atoms with E-state index in [0.717, 1.165) is 5.82 Å².